The number of hydrogen-bond acceptors (Lipinski definition) is 3. The smallest absolute Gasteiger partial charge is 0.223 e. The summed E-state index contributed by atoms with van der Waals surface area (Å²) in [5, 5.41) is 0. The number of nitrogens with two attached hydrogens (primary N) is 3. The molecule has 0 amide bonds. The Balaban J connectivity index is 2.22. The SMILES string of the molecule is COc1cccc(CCN2CCCC2)c1N=C(N)N=C(N)N. The van der Waals surface area contributed by atoms with Crippen molar-refractivity contribution in [2.75, 3.05) is 26.7 Å². The average Bonchev–Trinajstić information content (AvgIpc) is 2.98. The predicted octanol–water partition coefficient (Wildman–Crippen LogP) is 0.553. The van der Waals surface area contributed by atoms with Gasteiger partial charge < -0.3 is 26.8 Å². The van der Waals surface area contributed by atoms with Gasteiger partial charge in [-0.15, -0.1) is 0 Å². The molecule has 22 heavy (non-hydrogen) atoms. The Bertz CT molecular complexity index is 559. The van der Waals surface area contributed by atoms with Crippen LogP contribution < -0.4 is 21.9 Å². The molecule has 1 aromatic carbocycles. The molecule has 1 fully saturated rings. The molecular weight excluding hydrogens is 280 g/mol. The van der Waals surface area contributed by atoms with Crippen LogP contribution in [0.3, 0.4) is 0 Å². The van der Waals surface area contributed by atoms with Gasteiger partial charge in [-0.1, -0.05) is 12.1 Å². The second kappa shape index (κ2) is 7.65. The fourth-order valence-corrected chi connectivity index (χ4v) is 2.62. The number of hydrogen-bond donors (Lipinski definition) is 3. The zero-order valence-electron chi connectivity index (χ0n) is 13.0. The van der Waals surface area contributed by atoms with E-state index >= 15 is 0 Å². The summed E-state index contributed by atoms with van der Waals surface area (Å²) in [6, 6.07) is 5.83. The van der Waals surface area contributed by atoms with Crippen LogP contribution >= 0.6 is 0 Å². The number of benzene rings is 1. The number of guanidine groups is 2. The molecule has 0 atom stereocenters. The minimum atomic E-state index is -0.116. The van der Waals surface area contributed by atoms with E-state index < -0.39 is 0 Å². The highest BCUT2D eigenvalue weighted by atomic mass is 16.5. The molecule has 2 rings (SSSR count). The zero-order valence-corrected chi connectivity index (χ0v) is 13.0. The Morgan fingerprint density at radius 1 is 1.23 bits per heavy atom. The van der Waals surface area contributed by atoms with Gasteiger partial charge in [0, 0.05) is 6.54 Å². The summed E-state index contributed by atoms with van der Waals surface area (Å²) < 4.78 is 5.38. The number of nitrogens with zero attached hydrogens (tertiary/aromatic N) is 3. The number of likely N-dealkylation sites (tertiary alicyclic amines) is 1. The van der Waals surface area contributed by atoms with Gasteiger partial charge in [0.2, 0.25) is 5.96 Å². The van der Waals surface area contributed by atoms with Gasteiger partial charge in [-0.05, 0) is 44.0 Å². The van der Waals surface area contributed by atoms with E-state index in [4.69, 9.17) is 21.9 Å². The lowest BCUT2D eigenvalue weighted by atomic mass is 10.1. The molecule has 0 saturated carbocycles. The molecule has 1 aliphatic rings. The molecule has 0 aliphatic carbocycles. The summed E-state index contributed by atoms with van der Waals surface area (Å²) in [5.41, 5.74) is 18.2. The first-order valence-electron chi connectivity index (χ1n) is 7.42. The van der Waals surface area contributed by atoms with Crippen molar-refractivity contribution in [3.8, 4) is 5.75 Å². The second-order valence-electron chi connectivity index (χ2n) is 5.27. The summed E-state index contributed by atoms with van der Waals surface area (Å²) in [6.45, 7) is 3.33. The van der Waals surface area contributed by atoms with Crippen molar-refractivity contribution in [2.45, 2.75) is 19.3 Å². The van der Waals surface area contributed by atoms with Gasteiger partial charge in [0.25, 0.3) is 0 Å². The van der Waals surface area contributed by atoms with Crippen molar-refractivity contribution in [1.29, 1.82) is 0 Å². The maximum absolute atomic E-state index is 5.75. The van der Waals surface area contributed by atoms with E-state index in [2.05, 4.69) is 14.9 Å². The Morgan fingerprint density at radius 3 is 2.59 bits per heavy atom. The van der Waals surface area contributed by atoms with E-state index in [9.17, 15) is 0 Å². The topological polar surface area (TPSA) is 115 Å². The largest absolute Gasteiger partial charge is 0.494 e. The van der Waals surface area contributed by atoms with Gasteiger partial charge >= 0.3 is 0 Å². The summed E-state index contributed by atoms with van der Waals surface area (Å²) in [6.07, 6.45) is 3.44. The number of ether oxygens (including phenoxy) is 1. The molecule has 1 heterocycles. The van der Waals surface area contributed by atoms with E-state index in [-0.39, 0.29) is 11.9 Å². The minimum absolute atomic E-state index is 0.0203. The van der Waals surface area contributed by atoms with Crippen LogP contribution in [0.15, 0.2) is 28.2 Å². The summed E-state index contributed by atoms with van der Waals surface area (Å²) >= 11 is 0. The first kappa shape index (κ1) is 16.1. The van der Waals surface area contributed by atoms with Crippen molar-refractivity contribution in [3.63, 3.8) is 0 Å². The third-order valence-corrected chi connectivity index (χ3v) is 3.67. The molecule has 0 aromatic heterocycles. The third-order valence-electron chi connectivity index (χ3n) is 3.67. The normalized spacial score (nSPS) is 15.8. The molecular formula is C15H24N6O. The van der Waals surface area contributed by atoms with Gasteiger partial charge in [-0.25, -0.2) is 4.99 Å². The Kier molecular flexibility index (Phi) is 5.60. The second-order valence-corrected chi connectivity index (χ2v) is 5.27. The van der Waals surface area contributed by atoms with Crippen LogP contribution in [-0.4, -0.2) is 43.6 Å². The molecule has 1 aromatic rings. The first-order chi connectivity index (χ1) is 10.6. The fraction of sp³-hybridized carbons (Fsp3) is 0.467. The standard InChI is InChI=1S/C15H24N6O/c1-22-12-6-4-5-11(7-10-21-8-2-3-9-21)13(12)19-15(18)20-14(16)17/h4-6H,2-3,7-10H2,1H3,(H6,16,17,18,19,20). The van der Waals surface area contributed by atoms with Crippen LogP contribution in [0.25, 0.3) is 0 Å². The van der Waals surface area contributed by atoms with Crippen molar-refractivity contribution >= 4 is 17.6 Å². The molecule has 7 heteroatoms. The molecule has 1 saturated heterocycles. The number of rotatable bonds is 5. The number of aliphatic imine (C=N–C) groups is 2. The fourth-order valence-electron chi connectivity index (χ4n) is 2.62. The predicted molar refractivity (Wildman–Crippen MR) is 89.5 cm³/mol. The molecule has 0 spiro atoms. The summed E-state index contributed by atoms with van der Waals surface area (Å²) in [4.78, 5) is 10.5. The lowest BCUT2D eigenvalue weighted by Crippen LogP contribution is -2.26. The van der Waals surface area contributed by atoms with Crippen LogP contribution in [0.2, 0.25) is 0 Å². The highest BCUT2D eigenvalue weighted by Crippen LogP contribution is 2.32. The van der Waals surface area contributed by atoms with E-state index in [0.29, 0.717) is 11.4 Å². The quantitative estimate of drug-likeness (QED) is 0.543. The van der Waals surface area contributed by atoms with Crippen molar-refractivity contribution in [3.05, 3.63) is 23.8 Å². The third kappa shape index (κ3) is 4.36. The van der Waals surface area contributed by atoms with Gasteiger partial charge in [0.15, 0.2) is 5.96 Å². The molecule has 6 N–H and O–H groups in total. The molecule has 1 aliphatic heterocycles. The van der Waals surface area contributed by atoms with Gasteiger partial charge in [-0.3, -0.25) is 0 Å². The lowest BCUT2D eigenvalue weighted by Gasteiger charge is -2.16. The summed E-state index contributed by atoms with van der Waals surface area (Å²) in [5.74, 6) is 0.564. The monoisotopic (exact) mass is 304 g/mol. The van der Waals surface area contributed by atoms with E-state index in [1.54, 1.807) is 7.11 Å². The first-order valence-corrected chi connectivity index (χ1v) is 7.42. The Hall–Kier alpha value is -2.28. The van der Waals surface area contributed by atoms with Crippen LogP contribution in [-0.2, 0) is 6.42 Å². The Labute approximate surface area is 130 Å². The molecule has 120 valence electrons. The molecule has 0 unspecified atom stereocenters. The van der Waals surface area contributed by atoms with E-state index in [1.807, 2.05) is 18.2 Å². The van der Waals surface area contributed by atoms with E-state index in [1.165, 1.54) is 25.9 Å². The van der Waals surface area contributed by atoms with Gasteiger partial charge in [-0.2, -0.15) is 4.99 Å². The zero-order chi connectivity index (χ0) is 15.9. The van der Waals surface area contributed by atoms with Crippen molar-refractivity contribution < 1.29 is 4.74 Å². The maximum atomic E-state index is 5.75. The van der Waals surface area contributed by atoms with Gasteiger partial charge in [0.05, 0.1) is 7.11 Å². The maximum Gasteiger partial charge on any atom is 0.223 e. The van der Waals surface area contributed by atoms with E-state index in [0.717, 1.165) is 18.5 Å². The lowest BCUT2D eigenvalue weighted by molar-refractivity contribution is 0.343. The highest BCUT2D eigenvalue weighted by molar-refractivity contribution is 5.94. The number of methoxy groups -OCH3 is 1. The summed E-state index contributed by atoms with van der Waals surface area (Å²) in [7, 11) is 1.61. The highest BCUT2D eigenvalue weighted by Gasteiger charge is 2.14. The van der Waals surface area contributed by atoms with Crippen LogP contribution in [0.1, 0.15) is 18.4 Å². The molecule has 0 radical (unpaired) electrons. The molecule has 7 nitrogen and oxygen atoms in total. The van der Waals surface area contributed by atoms with Crippen LogP contribution in [0.5, 0.6) is 5.75 Å². The Morgan fingerprint density at radius 2 is 1.95 bits per heavy atom. The molecule has 0 bridgehead atoms. The number of para-hydroxylation sites is 1. The minimum Gasteiger partial charge on any atom is -0.494 e. The van der Waals surface area contributed by atoms with Gasteiger partial charge in [0.1, 0.15) is 11.4 Å². The van der Waals surface area contributed by atoms with Crippen molar-refractivity contribution in [2.24, 2.45) is 27.2 Å². The van der Waals surface area contributed by atoms with Crippen LogP contribution in [0.4, 0.5) is 5.69 Å². The van der Waals surface area contributed by atoms with Crippen molar-refractivity contribution in [1.82, 2.24) is 4.90 Å². The van der Waals surface area contributed by atoms with Crippen LogP contribution in [0, 0.1) is 0 Å². The average molecular weight is 304 g/mol.